The molecule has 4 aliphatic rings. The van der Waals surface area contributed by atoms with E-state index in [1.807, 2.05) is 18.2 Å². The molecule has 0 amide bonds. The molecule has 1 aromatic rings. The molecule has 37 heavy (non-hydrogen) atoms. The number of fused-ring (bicyclic) bond motifs is 1. The van der Waals surface area contributed by atoms with Crippen LogP contribution in [0.2, 0.25) is 0 Å². The maximum absolute atomic E-state index is 12.8. The first kappa shape index (κ1) is 25.0. The van der Waals surface area contributed by atoms with Crippen molar-refractivity contribution < 1.29 is 5.11 Å². The van der Waals surface area contributed by atoms with Gasteiger partial charge in [-0.25, -0.2) is 14.5 Å². The van der Waals surface area contributed by atoms with Gasteiger partial charge in [-0.05, 0) is 56.0 Å². The topological polar surface area (TPSA) is 132 Å². The number of piperidine rings is 1. The molecule has 3 aliphatic heterocycles. The van der Waals surface area contributed by atoms with Crippen LogP contribution in [0.15, 0.2) is 46.0 Å². The van der Waals surface area contributed by atoms with Crippen LogP contribution in [0.25, 0.3) is 23.4 Å². The lowest BCUT2D eigenvalue weighted by Crippen LogP contribution is -2.39. The molecule has 1 saturated heterocycles. The molecular weight excluding hydrogens is 470 g/mol. The van der Waals surface area contributed by atoms with E-state index in [0.29, 0.717) is 6.04 Å². The fraction of sp³-hybridized carbons (Fsp3) is 0.444. The van der Waals surface area contributed by atoms with Crippen molar-refractivity contribution in [1.29, 1.82) is 0 Å². The van der Waals surface area contributed by atoms with Crippen molar-refractivity contribution in [3.05, 3.63) is 74.2 Å². The predicted octanol–water partition coefficient (Wildman–Crippen LogP) is 2.49. The van der Waals surface area contributed by atoms with Crippen molar-refractivity contribution in [1.82, 2.24) is 29.2 Å². The number of benzene rings is 1. The summed E-state index contributed by atoms with van der Waals surface area (Å²) < 4.78 is 2.51. The van der Waals surface area contributed by atoms with Gasteiger partial charge in [0.25, 0.3) is 5.56 Å². The minimum absolute atomic E-state index is 0.00628. The molecule has 2 fully saturated rings. The van der Waals surface area contributed by atoms with E-state index in [0.717, 1.165) is 68.3 Å². The van der Waals surface area contributed by atoms with Crippen molar-refractivity contribution in [3.63, 3.8) is 0 Å². The number of aliphatic hydroxyl groups is 1. The zero-order valence-electron chi connectivity index (χ0n) is 21.1. The highest BCUT2D eigenvalue weighted by Crippen LogP contribution is 2.31. The fourth-order valence-corrected chi connectivity index (χ4v) is 5.04. The summed E-state index contributed by atoms with van der Waals surface area (Å²) >= 11 is 0. The van der Waals surface area contributed by atoms with E-state index >= 15 is 0 Å². The average molecular weight is 504 g/mol. The molecule has 0 radical (unpaired) electrons. The SMILES string of the molecule is Cn1c(=O)nc2n(C3CCCC3)nc(/C(O)=C/C=C/c3ccc(CN4CCC(N)CC4)cc3)nc-2c1=O. The zero-order chi connectivity index (χ0) is 25.9. The minimum atomic E-state index is -0.644. The number of rotatable bonds is 6. The predicted molar refractivity (Wildman–Crippen MR) is 142 cm³/mol. The summed E-state index contributed by atoms with van der Waals surface area (Å²) in [5.74, 6) is 0.0239. The highest BCUT2D eigenvalue weighted by molar-refractivity contribution is 5.61. The Hall–Kier alpha value is -3.63. The van der Waals surface area contributed by atoms with Crippen molar-refractivity contribution >= 4 is 11.8 Å². The van der Waals surface area contributed by atoms with Crippen molar-refractivity contribution in [2.45, 2.75) is 57.2 Å². The first-order valence-corrected chi connectivity index (χ1v) is 12.9. The minimum Gasteiger partial charge on any atom is -0.504 e. The normalized spacial score (nSPS) is 18.4. The second-order valence-electron chi connectivity index (χ2n) is 10.0. The number of allylic oxidation sites excluding steroid dienone is 2. The molecule has 10 heteroatoms. The summed E-state index contributed by atoms with van der Waals surface area (Å²) in [6, 6.07) is 8.65. The molecule has 0 bridgehead atoms. The van der Waals surface area contributed by atoms with Gasteiger partial charge < -0.3 is 10.8 Å². The summed E-state index contributed by atoms with van der Waals surface area (Å²) in [5.41, 5.74) is 7.07. The van der Waals surface area contributed by atoms with E-state index in [4.69, 9.17) is 5.73 Å². The Morgan fingerprint density at radius 3 is 2.49 bits per heavy atom. The fourth-order valence-electron chi connectivity index (χ4n) is 5.04. The lowest BCUT2D eigenvalue weighted by Gasteiger charge is -2.30. The molecule has 194 valence electrons. The Morgan fingerprint density at radius 2 is 1.78 bits per heavy atom. The van der Waals surface area contributed by atoms with Crippen LogP contribution < -0.4 is 17.0 Å². The van der Waals surface area contributed by atoms with Gasteiger partial charge in [0.1, 0.15) is 0 Å². The molecule has 3 heterocycles. The average Bonchev–Trinajstić information content (AvgIpc) is 3.44. The van der Waals surface area contributed by atoms with Crippen LogP contribution in [0.4, 0.5) is 0 Å². The van der Waals surface area contributed by atoms with E-state index < -0.39 is 11.2 Å². The van der Waals surface area contributed by atoms with E-state index in [9.17, 15) is 14.7 Å². The molecule has 0 unspecified atom stereocenters. The highest BCUT2D eigenvalue weighted by Gasteiger charge is 2.27. The summed E-state index contributed by atoms with van der Waals surface area (Å²) in [6.45, 7) is 2.98. The second kappa shape index (κ2) is 10.8. The lowest BCUT2D eigenvalue weighted by molar-refractivity contribution is 0.205. The lowest BCUT2D eigenvalue weighted by atomic mass is 10.0. The third kappa shape index (κ3) is 5.55. The van der Waals surface area contributed by atoms with Crippen molar-refractivity contribution in [3.8, 4) is 11.5 Å². The van der Waals surface area contributed by atoms with Gasteiger partial charge in [0.2, 0.25) is 5.82 Å². The molecule has 0 spiro atoms. The Morgan fingerprint density at radius 1 is 1.08 bits per heavy atom. The first-order chi connectivity index (χ1) is 17.9. The van der Waals surface area contributed by atoms with E-state index in [1.165, 1.54) is 18.7 Å². The van der Waals surface area contributed by atoms with Crippen LogP contribution in [0.3, 0.4) is 0 Å². The maximum atomic E-state index is 12.8. The van der Waals surface area contributed by atoms with Gasteiger partial charge in [0, 0.05) is 19.6 Å². The number of aliphatic hydroxyl groups excluding tert-OH is 1. The van der Waals surface area contributed by atoms with Crippen molar-refractivity contribution in [2.75, 3.05) is 13.1 Å². The van der Waals surface area contributed by atoms with Gasteiger partial charge in [0.15, 0.2) is 17.3 Å². The van der Waals surface area contributed by atoms with Crippen LogP contribution in [0, 0.1) is 0 Å². The van der Waals surface area contributed by atoms with Crippen LogP contribution in [0.5, 0.6) is 0 Å². The smallest absolute Gasteiger partial charge is 0.352 e. The molecule has 10 nitrogen and oxygen atoms in total. The number of aromatic nitrogens is 5. The van der Waals surface area contributed by atoms with Crippen molar-refractivity contribution in [2.24, 2.45) is 12.8 Å². The number of hydrogen-bond donors (Lipinski definition) is 2. The van der Waals surface area contributed by atoms with Crippen LogP contribution >= 0.6 is 0 Å². The monoisotopic (exact) mass is 503 g/mol. The largest absolute Gasteiger partial charge is 0.504 e. The van der Waals surface area contributed by atoms with Crippen LogP contribution in [-0.2, 0) is 13.6 Å². The van der Waals surface area contributed by atoms with Gasteiger partial charge in [-0.1, -0.05) is 49.3 Å². The molecule has 3 N–H and O–H groups in total. The number of nitrogens with two attached hydrogens (primary N) is 1. The quantitative estimate of drug-likeness (QED) is 0.387. The summed E-state index contributed by atoms with van der Waals surface area (Å²) in [7, 11) is 1.37. The Kier molecular flexibility index (Phi) is 7.29. The third-order valence-electron chi connectivity index (χ3n) is 7.31. The maximum Gasteiger partial charge on any atom is 0.352 e. The number of hydrogen-bond acceptors (Lipinski definition) is 8. The molecule has 1 saturated carbocycles. The molecule has 1 aliphatic carbocycles. The van der Waals surface area contributed by atoms with E-state index in [1.54, 1.807) is 10.8 Å². The van der Waals surface area contributed by atoms with E-state index in [-0.39, 0.29) is 29.1 Å². The summed E-state index contributed by atoms with van der Waals surface area (Å²) in [6.07, 6.45) is 11.0. The Bertz CT molecular complexity index is 1390. The second-order valence-corrected chi connectivity index (χ2v) is 10.0. The van der Waals surface area contributed by atoms with E-state index in [2.05, 4.69) is 32.1 Å². The first-order valence-electron chi connectivity index (χ1n) is 12.9. The number of likely N-dealkylation sites (tertiary alicyclic amines) is 1. The van der Waals surface area contributed by atoms with Gasteiger partial charge in [-0.15, -0.1) is 5.10 Å². The molecular formula is C27H33N7O3. The van der Waals surface area contributed by atoms with Gasteiger partial charge in [-0.3, -0.25) is 14.3 Å². The molecule has 0 aromatic heterocycles. The van der Waals surface area contributed by atoms with Gasteiger partial charge >= 0.3 is 5.69 Å². The highest BCUT2D eigenvalue weighted by atomic mass is 16.3. The molecule has 5 rings (SSSR count). The Labute approximate surface area is 215 Å². The van der Waals surface area contributed by atoms with Crippen LogP contribution in [-0.4, -0.2) is 53.5 Å². The summed E-state index contributed by atoms with van der Waals surface area (Å²) in [4.78, 5) is 35.7. The standard InChI is InChI=1S/C27H33N7O3/c1-32-26(36)23-25(30-27(32)37)34(21-6-2-3-7-21)31-24(29-23)22(35)8-4-5-18-9-11-19(12-10-18)17-33-15-13-20(28)14-16-33/h4-5,8-12,20-21,35H,2-3,6-7,13-17,28H2,1H3/b5-4+,22-8-. The molecule has 1 aromatic carbocycles. The van der Waals surface area contributed by atoms with Gasteiger partial charge in [0.05, 0.1) is 6.04 Å². The van der Waals surface area contributed by atoms with Crippen LogP contribution in [0.1, 0.15) is 61.5 Å². The molecule has 0 atom stereocenters. The number of nitrogens with zero attached hydrogens (tertiary/aromatic N) is 6. The summed E-state index contributed by atoms with van der Waals surface area (Å²) in [5, 5.41) is 15.2. The zero-order valence-corrected chi connectivity index (χ0v) is 21.1. The van der Waals surface area contributed by atoms with Gasteiger partial charge in [-0.2, -0.15) is 4.98 Å². The third-order valence-corrected chi connectivity index (χ3v) is 7.31. The Balaban J connectivity index is 1.35.